The molecule has 0 atom stereocenters. The molecule has 0 aliphatic carbocycles. The average Bonchev–Trinajstić information content (AvgIpc) is 2.38. The Kier molecular flexibility index (Phi) is 5.45. The van der Waals surface area contributed by atoms with Gasteiger partial charge in [0.25, 0.3) is 0 Å². The Balaban J connectivity index is 0.00000180. The number of methoxy groups -OCH3 is 2. The predicted molar refractivity (Wildman–Crippen MR) is 68.9 cm³/mol. The van der Waals surface area contributed by atoms with Gasteiger partial charge in [0.05, 0.1) is 31.4 Å². The quantitative estimate of drug-likeness (QED) is 0.696. The molecule has 0 saturated carbocycles. The fourth-order valence-corrected chi connectivity index (χ4v) is 1.78. The number of aromatic nitrogens is 2. The molecule has 19 heavy (non-hydrogen) atoms. The fraction of sp³-hybridized carbons (Fsp3) is 0.286. The Bertz CT molecular complexity index is 573. The van der Waals surface area contributed by atoms with Crippen LogP contribution in [0.2, 0.25) is 0 Å². The van der Waals surface area contributed by atoms with Crippen molar-refractivity contribution < 1.29 is 29.6 Å². The molecule has 1 radical (unpaired) electrons. The summed E-state index contributed by atoms with van der Waals surface area (Å²) < 4.78 is 10.5. The van der Waals surface area contributed by atoms with Gasteiger partial charge in [-0.2, -0.15) is 0 Å². The normalized spacial score (nSPS) is 9.68. The number of ether oxygens (including phenoxy) is 2. The first-order valence-corrected chi connectivity index (χ1v) is 5.60. The zero-order valence-corrected chi connectivity index (χ0v) is 13.7. The largest absolute Gasteiger partial charge is 0.536 e. The first kappa shape index (κ1) is 15.6. The molecule has 0 saturated heterocycles. The number of aryl methyl sites for hydroxylation is 2. The summed E-state index contributed by atoms with van der Waals surface area (Å²) in [4.78, 5) is 8.78. The van der Waals surface area contributed by atoms with E-state index in [1.165, 1.54) is 0 Å². The Morgan fingerprint density at radius 1 is 1.11 bits per heavy atom. The summed E-state index contributed by atoms with van der Waals surface area (Å²) in [5, 5.41) is 0. The number of hydrogen-bond acceptors (Lipinski definition) is 4. The molecular weight excluding hydrogens is 420 g/mol. The van der Waals surface area contributed by atoms with Crippen LogP contribution < -0.4 is 9.47 Å². The third-order valence-electron chi connectivity index (χ3n) is 2.64. The van der Waals surface area contributed by atoms with Crippen molar-refractivity contribution in [3.63, 3.8) is 0 Å². The molecule has 5 heteroatoms. The van der Waals surface area contributed by atoms with E-state index in [-0.39, 0.29) is 20.1 Å². The molecule has 2 rings (SSSR count). The topological polar surface area (TPSA) is 44.2 Å². The van der Waals surface area contributed by atoms with Crippen molar-refractivity contribution >= 4 is 0 Å². The molecule has 0 aliphatic rings. The molecule has 103 valence electrons. The molecule has 0 spiro atoms. The van der Waals surface area contributed by atoms with Crippen LogP contribution in [0.25, 0.3) is 11.3 Å². The van der Waals surface area contributed by atoms with Gasteiger partial charge in [-0.3, -0.25) is 4.98 Å². The molecule has 0 unspecified atom stereocenters. The summed E-state index contributed by atoms with van der Waals surface area (Å²) in [6.07, 6.45) is 1.74. The molecule has 0 aliphatic heterocycles. The van der Waals surface area contributed by atoms with Crippen LogP contribution in [0.15, 0.2) is 18.3 Å². The zero-order chi connectivity index (χ0) is 13.1. The van der Waals surface area contributed by atoms with Crippen molar-refractivity contribution in [1.82, 2.24) is 9.97 Å². The predicted octanol–water partition coefficient (Wildman–Crippen LogP) is 2.58. The van der Waals surface area contributed by atoms with E-state index < -0.39 is 0 Å². The molecule has 1 aromatic heterocycles. The van der Waals surface area contributed by atoms with E-state index in [0.717, 1.165) is 22.6 Å². The summed E-state index contributed by atoms with van der Waals surface area (Å²) in [5.41, 5.74) is 3.43. The smallest absolute Gasteiger partial charge is 0.0789 e. The Morgan fingerprint density at radius 2 is 1.79 bits per heavy atom. The summed E-state index contributed by atoms with van der Waals surface area (Å²) in [7, 11) is 3.21. The minimum Gasteiger partial charge on any atom is -0.536 e. The van der Waals surface area contributed by atoms with Gasteiger partial charge in [-0.05, 0) is 13.8 Å². The standard InChI is InChI=1S/C14H15N2O2.Ir/c1-9-8-15-14(10(2)16-9)11-5-6-12(17-3)13(7-11)18-4;/h6-8H,1-4H3;/q-1;. The van der Waals surface area contributed by atoms with Gasteiger partial charge >= 0.3 is 0 Å². The Labute approximate surface area is 126 Å². The second kappa shape index (κ2) is 6.64. The van der Waals surface area contributed by atoms with Crippen LogP contribution >= 0.6 is 0 Å². The molecule has 1 aromatic carbocycles. The number of nitrogens with zero attached hydrogens (tertiary/aromatic N) is 2. The maximum Gasteiger partial charge on any atom is 0.0789 e. The van der Waals surface area contributed by atoms with Crippen LogP contribution in [0, 0.1) is 19.9 Å². The third kappa shape index (κ3) is 3.31. The Hall–Kier alpha value is -1.45. The maximum atomic E-state index is 5.27. The summed E-state index contributed by atoms with van der Waals surface area (Å²) in [6, 6.07) is 6.73. The van der Waals surface area contributed by atoms with Crippen LogP contribution in [0.3, 0.4) is 0 Å². The van der Waals surface area contributed by atoms with E-state index in [0.29, 0.717) is 11.5 Å². The van der Waals surface area contributed by atoms with E-state index in [9.17, 15) is 0 Å². The molecule has 0 N–H and O–H groups in total. The second-order valence-corrected chi connectivity index (χ2v) is 3.93. The van der Waals surface area contributed by atoms with E-state index in [1.807, 2.05) is 19.9 Å². The first-order chi connectivity index (χ1) is 8.65. The van der Waals surface area contributed by atoms with Crippen molar-refractivity contribution in [3.8, 4) is 22.8 Å². The van der Waals surface area contributed by atoms with Crippen LogP contribution in [-0.4, -0.2) is 24.2 Å². The summed E-state index contributed by atoms with van der Waals surface area (Å²) >= 11 is 0. The minimum atomic E-state index is 0. The average molecular weight is 436 g/mol. The van der Waals surface area contributed by atoms with Crippen LogP contribution in [0.5, 0.6) is 11.5 Å². The molecule has 1 heterocycles. The molecule has 4 nitrogen and oxygen atoms in total. The van der Waals surface area contributed by atoms with E-state index in [2.05, 4.69) is 16.0 Å². The zero-order valence-electron chi connectivity index (χ0n) is 11.3. The van der Waals surface area contributed by atoms with Crippen molar-refractivity contribution in [1.29, 1.82) is 0 Å². The fourth-order valence-electron chi connectivity index (χ4n) is 1.78. The Morgan fingerprint density at radius 3 is 2.37 bits per heavy atom. The molecule has 2 aromatic rings. The first-order valence-electron chi connectivity index (χ1n) is 5.60. The summed E-state index contributed by atoms with van der Waals surface area (Å²) in [6.45, 7) is 3.85. The van der Waals surface area contributed by atoms with Gasteiger partial charge in [0, 0.05) is 37.7 Å². The van der Waals surface area contributed by atoms with Crippen LogP contribution in [-0.2, 0) is 20.1 Å². The SMILES string of the molecule is COc1c[c-]c(-c2ncc(C)nc2C)cc1OC.[Ir]. The monoisotopic (exact) mass is 436 g/mol. The molecule has 0 amide bonds. The van der Waals surface area contributed by atoms with Gasteiger partial charge in [0.15, 0.2) is 0 Å². The van der Waals surface area contributed by atoms with Gasteiger partial charge < -0.3 is 14.5 Å². The minimum absolute atomic E-state index is 0. The van der Waals surface area contributed by atoms with Crippen molar-refractivity contribution in [2.75, 3.05) is 14.2 Å². The number of rotatable bonds is 3. The molecule has 0 fully saturated rings. The maximum absolute atomic E-state index is 5.27. The molecular formula is C14H15IrN2O2-. The van der Waals surface area contributed by atoms with Crippen LogP contribution in [0.4, 0.5) is 0 Å². The number of hydrogen-bond donors (Lipinski definition) is 0. The van der Waals surface area contributed by atoms with E-state index in [1.54, 1.807) is 26.5 Å². The van der Waals surface area contributed by atoms with Gasteiger partial charge in [-0.15, -0.1) is 17.7 Å². The summed E-state index contributed by atoms with van der Waals surface area (Å²) in [5.74, 6) is 1.31. The number of benzene rings is 1. The third-order valence-corrected chi connectivity index (χ3v) is 2.64. The van der Waals surface area contributed by atoms with E-state index in [4.69, 9.17) is 9.47 Å². The van der Waals surface area contributed by atoms with Crippen molar-refractivity contribution in [2.24, 2.45) is 0 Å². The van der Waals surface area contributed by atoms with Crippen molar-refractivity contribution in [3.05, 3.63) is 35.8 Å². The van der Waals surface area contributed by atoms with Gasteiger partial charge in [0.1, 0.15) is 0 Å². The van der Waals surface area contributed by atoms with Gasteiger partial charge in [-0.1, -0.05) is 6.07 Å². The van der Waals surface area contributed by atoms with Crippen LogP contribution in [0.1, 0.15) is 11.4 Å². The van der Waals surface area contributed by atoms with E-state index >= 15 is 0 Å². The van der Waals surface area contributed by atoms with Crippen molar-refractivity contribution in [2.45, 2.75) is 13.8 Å². The molecule has 0 bridgehead atoms. The van der Waals surface area contributed by atoms with Gasteiger partial charge in [0.2, 0.25) is 0 Å². The van der Waals surface area contributed by atoms with Gasteiger partial charge in [-0.25, -0.2) is 0 Å². The second-order valence-electron chi connectivity index (χ2n) is 3.93.